The minimum atomic E-state index is -0.382. The molecule has 0 amide bonds. The highest BCUT2D eigenvalue weighted by Crippen LogP contribution is 2.41. The lowest BCUT2D eigenvalue weighted by atomic mass is 10.1. The van der Waals surface area contributed by atoms with Crippen molar-refractivity contribution in [2.75, 3.05) is 44.5 Å². The molecule has 2 aromatic heterocycles. The van der Waals surface area contributed by atoms with Crippen molar-refractivity contribution in [2.24, 2.45) is 7.05 Å². The highest BCUT2D eigenvalue weighted by atomic mass is 35.5. The minimum Gasteiger partial charge on any atom is -0.494 e. The Kier molecular flexibility index (Phi) is 6.15. The fourth-order valence-electron chi connectivity index (χ4n) is 4.47. The van der Waals surface area contributed by atoms with Crippen molar-refractivity contribution >= 4 is 45.5 Å². The quantitative estimate of drug-likeness (QED) is 0.284. The van der Waals surface area contributed by atoms with E-state index in [4.69, 9.17) is 16.3 Å². The number of rotatable bonds is 7. The average molecular weight is 508 g/mol. The molecule has 1 saturated heterocycles. The fraction of sp³-hybridized carbons (Fsp3) is 0.280. The third-order valence-electron chi connectivity index (χ3n) is 6.57. The molecule has 0 aliphatic carbocycles. The number of ether oxygens (including phenoxy) is 1. The van der Waals surface area contributed by atoms with E-state index in [0.29, 0.717) is 47.0 Å². The molecule has 10 nitrogen and oxygen atoms in total. The maximum Gasteiger partial charge on any atom is 0.294 e. The van der Waals surface area contributed by atoms with E-state index in [1.807, 2.05) is 61.1 Å². The zero-order valence-electron chi connectivity index (χ0n) is 20.4. The number of aryl methyl sites for hydroxylation is 1. The summed E-state index contributed by atoms with van der Waals surface area (Å²) in [5, 5.41) is 16.5. The van der Waals surface area contributed by atoms with E-state index in [2.05, 4.69) is 20.2 Å². The number of benzene rings is 2. The van der Waals surface area contributed by atoms with Crippen LogP contribution in [0.5, 0.6) is 5.75 Å². The second-order valence-corrected chi connectivity index (χ2v) is 9.41. The van der Waals surface area contributed by atoms with Gasteiger partial charge in [-0.15, -0.1) is 0 Å². The molecule has 1 aliphatic rings. The minimum absolute atomic E-state index is 0.0150. The summed E-state index contributed by atoms with van der Waals surface area (Å²) in [6.45, 7) is 1.41. The number of nitrogens with one attached hydrogen (secondary N) is 1. The number of nitro groups is 1. The topological polar surface area (TPSA) is 102 Å². The van der Waals surface area contributed by atoms with Gasteiger partial charge >= 0.3 is 0 Å². The van der Waals surface area contributed by atoms with Crippen LogP contribution < -0.4 is 15.0 Å². The number of hydrogen-bond acceptors (Lipinski definition) is 8. The first kappa shape index (κ1) is 23.8. The summed E-state index contributed by atoms with van der Waals surface area (Å²) in [7, 11) is 7.49. The van der Waals surface area contributed by atoms with Gasteiger partial charge in [-0.1, -0.05) is 29.8 Å². The van der Waals surface area contributed by atoms with Crippen LogP contribution in [0.15, 0.2) is 48.8 Å². The van der Waals surface area contributed by atoms with Gasteiger partial charge in [0, 0.05) is 61.0 Å². The van der Waals surface area contributed by atoms with Gasteiger partial charge in [0.2, 0.25) is 5.95 Å². The Balaban J connectivity index is 1.51. The number of methoxy groups -OCH3 is 1. The highest BCUT2D eigenvalue weighted by molar-refractivity contribution is 6.33. The van der Waals surface area contributed by atoms with Crippen molar-refractivity contribution in [1.29, 1.82) is 0 Å². The number of hydrogen-bond donors (Lipinski definition) is 1. The summed E-state index contributed by atoms with van der Waals surface area (Å²) in [5.74, 6) is 0.702. The molecule has 0 radical (unpaired) electrons. The van der Waals surface area contributed by atoms with Crippen molar-refractivity contribution in [3.05, 3.63) is 63.9 Å². The summed E-state index contributed by atoms with van der Waals surface area (Å²) in [6, 6.07) is 11.5. The smallest absolute Gasteiger partial charge is 0.294 e. The van der Waals surface area contributed by atoms with Crippen LogP contribution >= 0.6 is 11.6 Å². The van der Waals surface area contributed by atoms with E-state index in [1.54, 1.807) is 6.07 Å². The highest BCUT2D eigenvalue weighted by Gasteiger charge is 2.33. The summed E-state index contributed by atoms with van der Waals surface area (Å²) < 4.78 is 7.59. The van der Waals surface area contributed by atoms with Crippen molar-refractivity contribution in [3.63, 3.8) is 0 Å². The van der Waals surface area contributed by atoms with Crippen molar-refractivity contribution in [1.82, 2.24) is 19.4 Å². The average Bonchev–Trinajstić information content (AvgIpc) is 3.16. The molecule has 0 atom stereocenters. The predicted molar refractivity (Wildman–Crippen MR) is 142 cm³/mol. The maximum absolute atomic E-state index is 11.9. The van der Waals surface area contributed by atoms with Crippen LogP contribution in [0.2, 0.25) is 5.02 Å². The lowest BCUT2D eigenvalue weighted by molar-refractivity contribution is -0.384. The number of para-hydroxylation sites is 1. The first-order valence-corrected chi connectivity index (χ1v) is 11.8. The molecule has 1 N–H and O–H groups in total. The van der Waals surface area contributed by atoms with E-state index in [1.165, 1.54) is 19.4 Å². The van der Waals surface area contributed by atoms with Gasteiger partial charge in [0.1, 0.15) is 11.4 Å². The lowest BCUT2D eigenvalue weighted by Gasteiger charge is -2.44. The molecule has 1 aliphatic heterocycles. The van der Waals surface area contributed by atoms with Crippen LogP contribution in [-0.4, -0.2) is 64.7 Å². The second-order valence-electron chi connectivity index (χ2n) is 9.01. The third kappa shape index (κ3) is 4.18. The summed E-state index contributed by atoms with van der Waals surface area (Å²) in [6.07, 6.45) is 3.49. The molecule has 0 saturated carbocycles. The van der Waals surface area contributed by atoms with Crippen LogP contribution in [0.25, 0.3) is 22.2 Å². The number of fused-ring (bicyclic) bond motifs is 1. The molecular weight excluding hydrogens is 482 g/mol. The zero-order valence-corrected chi connectivity index (χ0v) is 21.2. The largest absolute Gasteiger partial charge is 0.494 e. The monoisotopic (exact) mass is 507 g/mol. The Bertz CT molecular complexity index is 1460. The predicted octanol–water partition coefficient (Wildman–Crippen LogP) is 4.70. The fourth-order valence-corrected chi connectivity index (χ4v) is 4.66. The molecule has 4 aromatic rings. The van der Waals surface area contributed by atoms with Crippen LogP contribution in [-0.2, 0) is 7.05 Å². The molecular formula is C25H26ClN7O3. The van der Waals surface area contributed by atoms with Gasteiger partial charge in [-0.2, -0.15) is 0 Å². The lowest BCUT2D eigenvalue weighted by Crippen LogP contribution is -2.57. The van der Waals surface area contributed by atoms with Gasteiger partial charge in [-0.05, 0) is 20.2 Å². The Labute approximate surface area is 213 Å². The van der Waals surface area contributed by atoms with E-state index < -0.39 is 0 Å². The summed E-state index contributed by atoms with van der Waals surface area (Å²) in [4.78, 5) is 24.6. The molecule has 5 rings (SSSR count). The van der Waals surface area contributed by atoms with Crippen LogP contribution in [0.3, 0.4) is 0 Å². The normalized spacial score (nSPS) is 13.8. The number of nitrogens with zero attached hydrogens (tertiary/aromatic N) is 6. The van der Waals surface area contributed by atoms with E-state index in [0.717, 1.165) is 16.5 Å². The zero-order chi connectivity index (χ0) is 25.6. The second kappa shape index (κ2) is 9.29. The van der Waals surface area contributed by atoms with Gasteiger partial charge in [-0.25, -0.2) is 9.97 Å². The summed E-state index contributed by atoms with van der Waals surface area (Å²) >= 11 is 6.50. The van der Waals surface area contributed by atoms with Crippen LogP contribution in [0, 0.1) is 10.1 Å². The van der Waals surface area contributed by atoms with Crippen molar-refractivity contribution in [2.45, 2.75) is 6.04 Å². The standard InChI is InChI=1S/C25H26ClN7O3/c1-30(2)15-12-32(13-15)21-10-23(36-4)19(9-22(21)33(34)35)28-25-27-11-18(26)24(29-25)17-14-31(3)20-8-6-5-7-16(17)20/h5-11,14-15H,12-13H2,1-4H3,(H,27,28,29). The number of likely N-dealkylation sites (N-methyl/N-ethyl adjacent to an activating group) is 1. The molecule has 0 unspecified atom stereocenters. The molecule has 0 bridgehead atoms. The Morgan fingerprint density at radius 3 is 2.69 bits per heavy atom. The van der Waals surface area contributed by atoms with Crippen LogP contribution in [0.4, 0.5) is 23.0 Å². The van der Waals surface area contributed by atoms with E-state index in [9.17, 15) is 10.1 Å². The van der Waals surface area contributed by atoms with Gasteiger partial charge in [0.25, 0.3) is 5.69 Å². The molecule has 11 heteroatoms. The van der Waals surface area contributed by atoms with Gasteiger partial charge in [-0.3, -0.25) is 10.1 Å². The van der Waals surface area contributed by atoms with Gasteiger partial charge < -0.3 is 24.4 Å². The molecule has 1 fully saturated rings. The number of nitro benzene ring substituents is 1. The Morgan fingerprint density at radius 2 is 2.00 bits per heavy atom. The van der Waals surface area contributed by atoms with Gasteiger partial charge in [0.15, 0.2) is 0 Å². The first-order chi connectivity index (χ1) is 17.3. The number of aromatic nitrogens is 3. The Morgan fingerprint density at radius 1 is 1.25 bits per heavy atom. The first-order valence-electron chi connectivity index (χ1n) is 11.4. The van der Waals surface area contributed by atoms with Crippen LogP contribution in [0.1, 0.15) is 0 Å². The van der Waals surface area contributed by atoms with Crippen molar-refractivity contribution < 1.29 is 9.66 Å². The van der Waals surface area contributed by atoms with E-state index in [-0.39, 0.29) is 16.6 Å². The van der Waals surface area contributed by atoms with Crippen molar-refractivity contribution in [3.8, 4) is 17.0 Å². The molecule has 3 heterocycles. The number of anilines is 3. The molecule has 2 aromatic carbocycles. The maximum atomic E-state index is 11.9. The summed E-state index contributed by atoms with van der Waals surface area (Å²) in [5.41, 5.74) is 3.38. The molecule has 0 spiro atoms. The molecule has 186 valence electrons. The SMILES string of the molecule is COc1cc(N2CC(N(C)C)C2)c([N+](=O)[O-])cc1Nc1ncc(Cl)c(-c2cn(C)c3ccccc23)n1. The van der Waals surface area contributed by atoms with E-state index >= 15 is 0 Å². The van der Waals surface area contributed by atoms with Gasteiger partial charge in [0.05, 0.1) is 34.6 Å². The Hall–Kier alpha value is -3.89. The third-order valence-corrected chi connectivity index (χ3v) is 6.85. The molecule has 36 heavy (non-hydrogen) atoms. The number of halogens is 1.